The smallest absolute Gasteiger partial charge is 0.278 e. The van der Waals surface area contributed by atoms with E-state index in [1.807, 2.05) is 62.4 Å². The lowest BCUT2D eigenvalue weighted by Gasteiger charge is -2.15. The molecule has 0 aromatic heterocycles. The molecule has 150 valence electrons. The first kappa shape index (κ1) is 19.6. The van der Waals surface area contributed by atoms with Crippen LogP contribution in [0.2, 0.25) is 0 Å². The van der Waals surface area contributed by atoms with Crippen molar-refractivity contribution in [3.8, 4) is 0 Å². The molecule has 30 heavy (non-hydrogen) atoms. The number of nitrogens with one attached hydrogen (secondary N) is 1. The molecular weight excluding hydrogens is 379 g/mol. The van der Waals surface area contributed by atoms with Crippen molar-refractivity contribution in [3.05, 3.63) is 107 Å². The van der Waals surface area contributed by atoms with Crippen molar-refractivity contribution >= 4 is 23.1 Å². The minimum atomic E-state index is -0.401. The van der Waals surface area contributed by atoms with Gasteiger partial charge in [-0.25, -0.2) is 4.39 Å². The van der Waals surface area contributed by atoms with E-state index in [-0.39, 0.29) is 24.0 Å². The number of nitrogens with zero attached hydrogens (tertiary/aromatic N) is 1. The number of hydrogen-bond acceptors (Lipinski definition) is 3. The predicted octanol–water partition coefficient (Wildman–Crippen LogP) is 4.83. The third kappa shape index (κ3) is 3.87. The maximum Gasteiger partial charge on any atom is 0.278 e. The molecule has 1 N–H and O–H groups in total. The Hall–Kier alpha value is -3.73. The van der Waals surface area contributed by atoms with Crippen LogP contribution in [0.25, 0.3) is 5.57 Å². The van der Waals surface area contributed by atoms with E-state index in [9.17, 15) is 14.0 Å². The standard InChI is InChI=1S/C25H21FN2O2/c1-16-12-17(2)14-21(13-16)27-23-22(19-6-4-3-5-7-19)24(29)28(25(23)30)15-18-8-10-20(26)11-9-18/h3-14,27H,15H2,1-2H3. The summed E-state index contributed by atoms with van der Waals surface area (Å²) in [4.78, 5) is 27.7. The lowest BCUT2D eigenvalue weighted by molar-refractivity contribution is -0.137. The van der Waals surface area contributed by atoms with Crippen molar-refractivity contribution in [2.45, 2.75) is 20.4 Å². The average molecular weight is 400 g/mol. The van der Waals surface area contributed by atoms with Crippen LogP contribution >= 0.6 is 0 Å². The first-order valence-electron chi connectivity index (χ1n) is 9.68. The molecule has 0 atom stereocenters. The number of carbonyl (C=O) groups excluding carboxylic acids is 2. The number of aryl methyl sites for hydroxylation is 2. The van der Waals surface area contributed by atoms with Crippen LogP contribution in [0.3, 0.4) is 0 Å². The largest absolute Gasteiger partial charge is 0.350 e. The summed E-state index contributed by atoms with van der Waals surface area (Å²) in [6, 6.07) is 20.8. The van der Waals surface area contributed by atoms with Gasteiger partial charge in [0.2, 0.25) is 0 Å². The van der Waals surface area contributed by atoms with Crippen molar-refractivity contribution in [2.24, 2.45) is 0 Å². The summed E-state index contributed by atoms with van der Waals surface area (Å²) < 4.78 is 13.2. The molecule has 4 rings (SSSR count). The number of benzene rings is 3. The highest BCUT2D eigenvalue weighted by Crippen LogP contribution is 2.31. The molecular formula is C25H21FN2O2. The van der Waals surface area contributed by atoms with E-state index in [2.05, 4.69) is 5.32 Å². The Morgan fingerprint density at radius 1 is 0.833 bits per heavy atom. The first-order chi connectivity index (χ1) is 14.4. The number of carbonyl (C=O) groups is 2. The zero-order valence-electron chi connectivity index (χ0n) is 16.8. The summed E-state index contributed by atoms with van der Waals surface area (Å²) in [5.74, 6) is -1.14. The van der Waals surface area contributed by atoms with Crippen LogP contribution in [-0.2, 0) is 16.1 Å². The SMILES string of the molecule is Cc1cc(C)cc(NC2=C(c3ccccc3)C(=O)N(Cc3ccc(F)cc3)C2=O)c1. The van der Waals surface area contributed by atoms with Gasteiger partial charge < -0.3 is 5.32 Å². The van der Waals surface area contributed by atoms with Gasteiger partial charge in [0.15, 0.2) is 0 Å². The molecule has 3 aromatic rings. The molecule has 0 saturated carbocycles. The monoisotopic (exact) mass is 400 g/mol. The normalized spacial score (nSPS) is 13.9. The molecule has 0 unspecified atom stereocenters. The van der Waals surface area contributed by atoms with Crippen LogP contribution in [0.15, 0.2) is 78.5 Å². The quantitative estimate of drug-likeness (QED) is 0.624. The number of imide groups is 1. The second-order valence-electron chi connectivity index (χ2n) is 7.44. The Bertz CT molecular complexity index is 1130. The van der Waals surface area contributed by atoms with Gasteiger partial charge in [-0.2, -0.15) is 0 Å². The molecule has 1 heterocycles. The second-order valence-corrected chi connectivity index (χ2v) is 7.44. The van der Waals surface area contributed by atoms with Gasteiger partial charge in [-0.1, -0.05) is 48.5 Å². The highest BCUT2D eigenvalue weighted by molar-refractivity contribution is 6.36. The number of halogens is 1. The lowest BCUT2D eigenvalue weighted by Crippen LogP contribution is -2.32. The van der Waals surface area contributed by atoms with Gasteiger partial charge in [0.05, 0.1) is 12.1 Å². The van der Waals surface area contributed by atoms with Crippen LogP contribution in [-0.4, -0.2) is 16.7 Å². The van der Waals surface area contributed by atoms with Crippen LogP contribution in [0.5, 0.6) is 0 Å². The fourth-order valence-corrected chi connectivity index (χ4v) is 3.67. The topological polar surface area (TPSA) is 49.4 Å². The molecule has 4 nitrogen and oxygen atoms in total. The Morgan fingerprint density at radius 3 is 2.10 bits per heavy atom. The Labute approximate surface area is 174 Å². The molecule has 3 aromatic carbocycles. The summed E-state index contributed by atoms with van der Waals surface area (Å²) in [5, 5.41) is 3.18. The van der Waals surface area contributed by atoms with Gasteiger partial charge in [0.25, 0.3) is 11.8 Å². The van der Waals surface area contributed by atoms with Crippen LogP contribution in [0.4, 0.5) is 10.1 Å². The number of hydrogen-bond donors (Lipinski definition) is 1. The highest BCUT2D eigenvalue weighted by Gasteiger charge is 2.39. The van der Waals surface area contributed by atoms with E-state index in [0.717, 1.165) is 16.8 Å². The third-order valence-corrected chi connectivity index (χ3v) is 4.98. The molecule has 1 aliphatic rings. The maximum atomic E-state index is 13.3. The highest BCUT2D eigenvalue weighted by atomic mass is 19.1. The van der Waals surface area contributed by atoms with Crippen molar-refractivity contribution in [3.63, 3.8) is 0 Å². The minimum Gasteiger partial charge on any atom is -0.350 e. The zero-order chi connectivity index (χ0) is 21.3. The fraction of sp³-hybridized carbons (Fsp3) is 0.120. The minimum absolute atomic E-state index is 0.0757. The number of rotatable bonds is 5. The molecule has 0 fully saturated rings. The van der Waals surface area contributed by atoms with Gasteiger partial charge in [-0.15, -0.1) is 0 Å². The average Bonchev–Trinajstić information content (AvgIpc) is 2.94. The van der Waals surface area contributed by atoms with Crippen molar-refractivity contribution in [2.75, 3.05) is 5.32 Å². The van der Waals surface area contributed by atoms with Gasteiger partial charge in [0, 0.05) is 5.69 Å². The molecule has 0 bridgehead atoms. The van der Waals surface area contributed by atoms with Crippen molar-refractivity contribution in [1.29, 1.82) is 0 Å². The van der Waals surface area contributed by atoms with Crippen molar-refractivity contribution in [1.82, 2.24) is 4.90 Å². The molecule has 2 amide bonds. The Balaban J connectivity index is 1.73. The molecule has 0 aliphatic carbocycles. The first-order valence-corrected chi connectivity index (χ1v) is 9.68. The molecule has 0 radical (unpaired) electrons. The second kappa shape index (κ2) is 7.95. The van der Waals surface area contributed by atoms with E-state index in [4.69, 9.17) is 0 Å². The fourth-order valence-electron chi connectivity index (χ4n) is 3.67. The van der Waals surface area contributed by atoms with E-state index < -0.39 is 5.91 Å². The van der Waals surface area contributed by atoms with Crippen LogP contribution < -0.4 is 5.32 Å². The van der Waals surface area contributed by atoms with Gasteiger partial charge >= 0.3 is 0 Å². The number of amides is 2. The predicted molar refractivity (Wildman–Crippen MR) is 115 cm³/mol. The van der Waals surface area contributed by atoms with Gasteiger partial charge in [0.1, 0.15) is 11.5 Å². The van der Waals surface area contributed by atoms with Crippen LogP contribution in [0, 0.1) is 19.7 Å². The zero-order valence-corrected chi connectivity index (χ0v) is 16.8. The molecule has 5 heteroatoms. The van der Waals surface area contributed by atoms with Crippen LogP contribution in [0.1, 0.15) is 22.3 Å². The summed E-state index contributed by atoms with van der Waals surface area (Å²) in [5.41, 5.74) is 4.79. The molecule has 0 spiro atoms. The van der Waals surface area contributed by atoms with E-state index in [1.165, 1.54) is 17.0 Å². The van der Waals surface area contributed by atoms with E-state index in [0.29, 0.717) is 16.7 Å². The Kier molecular flexibility index (Phi) is 5.19. The van der Waals surface area contributed by atoms with Gasteiger partial charge in [-0.3, -0.25) is 14.5 Å². The van der Waals surface area contributed by atoms with E-state index >= 15 is 0 Å². The third-order valence-electron chi connectivity index (χ3n) is 4.98. The summed E-state index contributed by atoms with van der Waals surface area (Å²) in [7, 11) is 0. The van der Waals surface area contributed by atoms with E-state index in [1.54, 1.807) is 12.1 Å². The summed E-state index contributed by atoms with van der Waals surface area (Å²) in [6.07, 6.45) is 0. The lowest BCUT2D eigenvalue weighted by atomic mass is 10.0. The summed E-state index contributed by atoms with van der Waals surface area (Å²) in [6.45, 7) is 4.03. The Morgan fingerprint density at radius 2 is 1.47 bits per heavy atom. The summed E-state index contributed by atoms with van der Waals surface area (Å²) >= 11 is 0. The van der Waals surface area contributed by atoms with Crippen molar-refractivity contribution < 1.29 is 14.0 Å². The molecule has 0 saturated heterocycles. The number of anilines is 1. The molecule has 1 aliphatic heterocycles. The maximum absolute atomic E-state index is 13.3. The van der Waals surface area contributed by atoms with Gasteiger partial charge in [-0.05, 0) is 60.4 Å².